The van der Waals surface area contributed by atoms with Crippen molar-refractivity contribution in [3.63, 3.8) is 0 Å². The normalized spacial score (nSPS) is 12.2. The molecule has 0 aliphatic heterocycles. The van der Waals surface area contributed by atoms with Crippen LogP contribution in [0.1, 0.15) is 34.8 Å². The zero-order valence-corrected chi connectivity index (χ0v) is 11.5. The Morgan fingerprint density at radius 2 is 1.80 bits per heavy atom. The van der Waals surface area contributed by atoms with Crippen LogP contribution in [0.2, 0.25) is 0 Å². The van der Waals surface area contributed by atoms with E-state index in [1.165, 1.54) is 7.11 Å². The van der Waals surface area contributed by atoms with Crippen molar-refractivity contribution in [1.82, 2.24) is 9.97 Å². The summed E-state index contributed by atoms with van der Waals surface area (Å²) in [5, 5.41) is 0. The van der Waals surface area contributed by atoms with Crippen molar-refractivity contribution in [2.45, 2.75) is 13.0 Å². The molecule has 6 nitrogen and oxygen atoms in total. The average molecular weight is 276 g/mol. The van der Waals surface area contributed by atoms with E-state index in [9.17, 15) is 9.59 Å². The predicted octanol–water partition coefficient (Wildman–Crippen LogP) is 1.65. The molecular formula is C14H16N2O4. The Bertz CT molecular complexity index is 655. The van der Waals surface area contributed by atoms with Crippen LogP contribution in [-0.2, 0) is 4.74 Å². The minimum atomic E-state index is -0.430. The second-order valence-corrected chi connectivity index (χ2v) is 4.30. The number of carbonyl (C=O) groups is 1. The van der Waals surface area contributed by atoms with E-state index in [2.05, 4.69) is 9.97 Å². The number of nitrogens with one attached hydrogen (secondary N) is 2. The van der Waals surface area contributed by atoms with Crippen molar-refractivity contribution in [2.75, 3.05) is 14.2 Å². The summed E-state index contributed by atoms with van der Waals surface area (Å²) in [7, 11) is 3.07. The summed E-state index contributed by atoms with van der Waals surface area (Å²) in [6.07, 6.45) is -0.383. The fourth-order valence-electron chi connectivity index (χ4n) is 1.89. The summed E-state index contributed by atoms with van der Waals surface area (Å²) in [6.45, 7) is 1.75. The molecule has 0 amide bonds. The standard InChI is InChI=1S/C14H16N2O4/c1-8(19-2)11-12(16-14(18)15-11)13(17)9-4-6-10(20-3)7-5-9/h4-8H,1-3H3,(H2,15,16,18). The molecule has 0 aliphatic rings. The fraction of sp³-hybridized carbons (Fsp3) is 0.286. The molecule has 0 spiro atoms. The molecule has 0 radical (unpaired) electrons. The number of aromatic nitrogens is 2. The molecule has 0 saturated carbocycles. The van der Waals surface area contributed by atoms with Crippen LogP contribution in [0.4, 0.5) is 0 Å². The minimum absolute atomic E-state index is 0.217. The zero-order valence-electron chi connectivity index (χ0n) is 11.5. The van der Waals surface area contributed by atoms with E-state index in [4.69, 9.17) is 9.47 Å². The van der Waals surface area contributed by atoms with Gasteiger partial charge in [0.15, 0.2) is 0 Å². The molecule has 1 aromatic carbocycles. The summed E-state index contributed by atoms with van der Waals surface area (Å²) in [5.41, 5.74) is 0.694. The number of carbonyl (C=O) groups excluding carboxylic acids is 1. The third-order valence-corrected chi connectivity index (χ3v) is 3.10. The van der Waals surface area contributed by atoms with Gasteiger partial charge in [-0.05, 0) is 31.2 Å². The Morgan fingerprint density at radius 1 is 1.15 bits per heavy atom. The molecule has 20 heavy (non-hydrogen) atoms. The number of rotatable bonds is 5. The van der Waals surface area contributed by atoms with Gasteiger partial charge >= 0.3 is 5.69 Å². The lowest BCUT2D eigenvalue weighted by atomic mass is 10.1. The first-order valence-electron chi connectivity index (χ1n) is 6.10. The number of H-pyrrole nitrogens is 2. The van der Waals surface area contributed by atoms with Gasteiger partial charge in [-0.2, -0.15) is 0 Å². The third kappa shape index (κ3) is 2.65. The highest BCUT2D eigenvalue weighted by Gasteiger charge is 2.21. The third-order valence-electron chi connectivity index (χ3n) is 3.10. The van der Waals surface area contributed by atoms with Gasteiger partial charge in [-0.1, -0.05) is 0 Å². The Kier molecular flexibility index (Phi) is 4.05. The maximum absolute atomic E-state index is 12.4. The first-order chi connectivity index (χ1) is 9.56. The van der Waals surface area contributed by atoms with E-state index < -0.39 is 5.69 Å². The van der Waals surface area contributed by atoms with Crippen LogP contribution in [0, 0.1) is 0 Å². The number of benzene rings is 1. The van der Waals surface area contributed by atoms with Gasteiger partial charge in [0, 0.05) is 12.7 Å². The second-order valence-electron chi connectivity index (χ2n) is 4.30. The number of ketones is 1. The number of ether oxygens (including phenoxy) is 2. The van der Waals surface area contributed by atoms with E-state index >= 15 is 0 Å². The van der Waals surface area contributed by atoms with Gasteiger partial charge in [-0.15, -0.1) is 0 Å². The van der Waals surface area contributed by atoms with Gasteiger partial charge in [0.25, 0.3) is 0 Å². The first kappa shape index (κ1) is 14.1. The predicted molar refractivity (Wildman–Crippen MR) is 73.3 cm³/mol. The van der Waals surface area contributed by atoms with E-state index in [1.54, 1.807) is 38.3 Å². The molecular weight excluding hydrogens is 260 g/mol. The monoisotopic (exact) mass is 276 g/mol. The van der Waals surface area contributed by atoms with Crippen molar-refractivity contribution >= 4 is 5.78 Å². The molecule has 0 bridgehead atoms. The lowest BCUT2D eigenvalue weighted by Gasteiger charge is -2.09. The van der Waals surface area contributed by atoms with Crippen molar-refractivity contribution < 1.29 is 14.3 Å². The summed E-state index contributed by atoms with van der Waals surface area (Å²) >= 11 is 0. The highest BCUT2D eigenvalue weighted by molar-refractivity contribution is 6.08. The average Bonchev–Trinajstić information content (AvgIpc) is 2.87. The highest BCUT2D eigenvalue weighted by Crippen LogP contribution is 2.19. The van der Waals surface area contributed by atoms with Crippen LogP contribution >= 0.6 is 0 Å². The summed E-state index contributed by atoms with van der Waals surface area (Å²) in [4.78, 5) is 28.9. The van der Waals surface area contributed by atoms with Crippen molar-refractivity contribution in [1.29, 1.82) is 0 Å². The zero-order chi connectivity index (χ0) is 14.7. The molecule has 0 saturated heterocycles. The molecule has 1 aromatic heterocycles. The maximum Gasteiger partial charge on any atom is 0.323 e. The molecule has 1 heterocycles. The maximum atomic E-state index is 12.4. The van der Waals surface area contributed by atoms with Crippen LogP contribution in [0.15, 0.2) is 29.1 Å². The van der Waals surface area contributed by atoms with Crippen molar-refractivity contribution in [2.24, 2.45) is 0 Å². The molecule has 1 atom stereocenters. The quantitative estimate of drug-likeness (QED) is 0.813. The van der Waals surface area contributed by atoms with E-state index in [0.29, 0.717) is 17.0 Å². The summed E-state index contributed by atoms with van der Waals surface area (Å²) < 4.78 is 10.2. The first-order valence-corrected chi connectivity index (χ1v) is 6.10. The number of imidazole rings is 1. The summed E-state index contributed by atoms with van der Waals surface area (Å²) in [5.74, 6) is 0.388. The van der Waals surface area contributed by atoms with Crippen molar-refractivity contribution in [3.8, 4) is 5.75 Å². The lowest BCUT2D eigenvalue weighted by Crippen LogP contribution is -2.08. The van der Waals surface area contributed by atoms with Gasteiger partial charge in [-0.3, -0.25) is 4.79 Å². The Labute approximate surface area is 115 Å². The van der Waals surface area contributed by atoms with Crippen LogP contribution < -0.4 is 10.4 Å². The van der Waals surface area contributed by atoms with Crippen LogP contribution in [-0.4, -0.2) is 30.0 Å². The number of aromatic amines is 2. The molecule has 2 N–H and O–H groups in total. The Hall–Kier alpha value is -2.34. The van der Waals surface area contributed by atoms with Gasteiger partial charge < -0.3 is 19.4 Å². The number of hydrogen-bond acceptors (Lipinski definition) is 4. The molecule has 6 heteroatoms. The Morgan fingerprint density at radius 3 is 2.35 bits per heavy atom. The summed E-state index contributed by atoms with van der Waals surface area (Å²) in [6, 6.07) is 6.68. The number of hydrogen-bond donors (Lipinski definition) is 2. The van der Waals surface area contributed by atoms with Gasteiger partial charge in [-0.25, -0.2) is 4.79 Å². The molecule has 0 aliphatic carbocycles. The Balaban J connectivity index is 2.39. The largest absolute Gasteiger partial charge is 0.497 e. The SMILES string of the molecule is COc1ccc(C(=O)c2[nH]c(=O)[nH]c2C(C)OC)cc1. The van der Waals surface area contributed by atoms with Gasteiger partial charge in [0.05, 0.1) is 18.9 Å². The minimum Gasteiger partial charge on any atom is -0.497 e. The van der Waals surface area contributed by atoms with E-state index in [1.807, 2.05) is 0 Å². The van der Waals surface area contributed by atoms with Gasteiger partial charge in [0.2, 0.25) is 5.78 Å². The van der Waals surface area contributed by atoms with E-state index in [0.717, 1.165) is 0 Å². The van der Waals surface area contributed by atoms with Crippen LogP contribution in [0.5, 0.6) is 5.75 Å². The highest BCUT2D eigenvalue weighted by atomic mass is 16.5. The van der Waals surface area contributed by atoms with E-state index in [-0.39, 0.29) is 17.6 Å². The molecule has 2 aromatic rings. The smallest absolute Gasteiger partial charge is 0.323 e. The van der Waals surface area contributed by atoms with Crippen molar-refractivity contribution in [3.05, 3.63) is 51.7 Å². The van der Waals surface area contributed by atoms with Crippen LogP contribution in [0.3, 0.4) is 0 Å². The molecule has 2 rings (SSSR count). The topological polar surface area (TPSA) is 84.2 Å². The number of methoxy groups -OCH3 is 2. The second kappa shape index (κ2) is 5.75. The fourth-order valence-corrected chi connectivity index (χ4v) is 1.89. The van der Waals surface area contributed by atoms with Gasteiger partial charge in [0.1, 0.15) is 11.4 Å². The molecule has 0 fully saturated rings. The van der Waals surface area contributed by atoms with Crippen LogP contribution in [0.25, 0.3) is 0 Å². The molecule has 106 valence electrons. The lowest BCUT2D eigenvalue weighted by molar-refractivity contribution is 0.0999. The molecule has 1 unspecified atom stereocenters.